The molecule has 9 nitrogen and oxygen atoms in total. The van der Waals surface area contributed by atoms with Crippen LogP contribution in [0.15, 0.2) is 83.1 Å². The van der Waals surface area contributed by atoms with Gasteiger partial charge in [0.15, 0.2) is 5.16 Å². The van der Waals surface area contributed by atoms with Crippen LogP contribution in [0.1, 0.15) is 27.5 Å². The minimum Gasteiger partial charge on any atom is -0.457 e. The van der Waals surface area contributed by atoms with E-state index in [1.54, 1.807) is 23.7 Å². The van der Waals surface area contributed by atoms with Gasteiger partial charge in [0.1, 0.15) is 17.8 Å². The van der Waals surface area contributed by atoms with Crippen molar-refractivity contribution in [1.29, 1.82) is 0 Å². The lowest BCUT2D eigenvalue weighted by Gasteiger charge is -2.28. The van der Waals surface area contributed by atoms with Gasteiger partial charge in [0, 0.05) is 29.8 Å². The number of amides is 1. The van der Waals surface area contributed by atoms with Crippen molar-refractivity contribution in [2.45, 2.75) is 16.1 Å². The first-order valence-corrected chi connectivity index (χ1v) is 10.8. The second kappa shape index (κ2) is 8.40. The van der Waals surface area contributed by atoms with Crippen LogP contribution in [0.4, 0.5) is 5.69 Å². The van der Waals surface area contributed by atoms with Crippen molar-refractivity contribution in [1.82, 2.24) is 20.1 Å². The summed E-state index contributed by atoms with van der Waals surface area (Å²) < 4.78 is 7.63. The SMILES string of the molecule is Cn1cnnc1Sc1ccc(C(=O)NC2c3ccccc3Oc3ccccc32)cc1[N+](=O)[O-]. The van der Waals surface area contributed by atoms with Crippen LogP contribution in [0.2, 0.25) is 0 Å². The number of nitro groups is 1. The van der Waals surface area contributed by atoms with Crippen LogP contribution in [-0.2, 0) is 7.05 Å². The molecule has 1 N–H and O–H groups in total. The van der Waals surface area contributed by atoms with Crippen LogP contribution < -0.4 is 10.1 Å². The molecule has 1 amide bonds. The zero-order valence-corrected chi connectivity index (χ0v) is 18.2. The molecule has 0 bridgehead atoms. The maximum absolute atomic E-state index is 13.2. The highest BCUT2D eigenvalue weighted by atomic mass is 32.2. The lowest BCUT2D eigenvalue weighted by Crippen LogP contribution is -2.31. The summed E-state index contributed by atoms with van der Waals surface area (Å²) in [5.41, 5.74) is 1.64. The molecule has 10 heteroatoms. The van der Waals surface area contributed by atoms with Gasteiger partial charge in [0.25, 0.3) is 11.6 Å². The maximum Gasteiger partial charge on any atom is 0.284 e. The van der Waals surface area contributed by atoms with E-state index >= 15 is 0 Å². The van der Waals surface area contributed by atoms with E-state index in [0.29, 0.717) is 21.6 Å². The van der Waals surface area contributed by atoms with Gasteiger partial charge in [0.05, 0.1) is 15.9 Å². The number of aryl methyl sites for hydroxylation is 1. The van der Waals surface area contributed by atoms with E-state index in [0.717, 1.165) is 22.9 Å². The van der Waals surface area contributed by atoms with Gasteiger partial charge in [0.2, 0.25) is 0 Å². The lowest BCUT2D eigenvalue weighted by atomic mass is 9.94. The van der Waals surface area contributed by atoms with E-state index < -0.39 is 16.9 Å². The van der Waals surface area contributed by atoms with Crippen molar-refractivity contribution < 1.29 is 14.5 Å². The molecule has 0 spiro atoms. The summed E-state index contributed by atoms with van der Waals surface area (Å²) >= 11 is 1.11. The third-order valence-electron chi connectivity index (χ3n) is 5.24. The number of fused-ring (bicyclic) bond motifs is 2. The number of benzene rings is 3. The van der Waals surface area contributed by atoms with E-state index in [9.17, 15) is 14.9 Å². The second-order valence-corrected chi connectivity index (χ2v) is 8.36. The zero-order chi connectivity index (χ0) is 22.9. The molecule has 0 atom stereocenters. The Kier molecular flexibility index (Phi) is 5.27. The number of para-hydroxylation sites is 2. The topological polar surface area (TPSA) is 112 Å². The molecule has 33 heavy (non-hydrogen) atoms. The Labute approximate surface area is 192 Å². The number of nitro benzene ring substituents is 1. The van der Waals surface area contributed by atoms with Crippen LogP contribution in [0, 0.1) is 10.1 Å². The zero-order valence-electron chi connectivity index (χ0n) is 17.3. The quantitative estimate of drug-likeness (QED) is 0.345. The van der Waals surface area contributed by atoms with Crippen LogP contribution in [0.5, 0.6) is 11.5 Å². The fourth-order valence-electron chi connectivity index (χ4n) is 3.63. The fourth-order valence-corrected chi connectivity index (χ4v) is 4.48. The Morgan fingerprint density at radius 1 is 1.09 bits per heavy atom. The molecule has 3 aromatic carbocycles. The Hall–Kier alpha value is -4.18. The number of hydrogen-bond donors (Lipinski definition) is 1. The van der Waals surface area contributed by atoms with Gasteiger partial charge >= 0.3 is 0 Å². The van der Waals surface area contributed by atoms with Crippen molar-refractivity contribution in [2.24, 2.45) is 7.05 Å². The smallest absolute Gasteiger partial charge is 0.284 e. The van der Waals surface area contributed by atoms with Crippen molar-refractivity contribution in [3.63, 3.8) is 0 Å². The highest BCUT2D eigenvalue weighted by molar-refractivity contribution is 7.99. The van der Waals surface area contributed by atoms with Gasteiger partial charge in [-0.3, -0.25) is 14.9 Å². The molecular formula is C23H17N5O4S. The molecule has 0 fully saturated rings. The van der Waals surface area contributed by atoms with Crippen molar-refractivity contribution in [2.75, 3.05) is 0 Å². The van der Waals surface area contributed by atoms with Crippen molar-refractivity contribution in [3.05, 3.63) is 99.9 Å². The molecular weight excluding hydrogens is 442 g/mol. The number of ether oxygens (including phenoxy) is 1. The lowest BCUT2D eigenvalue weighted by molar-refractivity contribution is -0.387. The molecule has 5 rings (SSSR count). The first kappa shape index (κ1) is 20.7. The number of carbonyl (C=O) groups is 1. The van der Waals surface area contributed by atoms with Crippen molar-refractivity contribution >= 4 is 23.4 Å². The van der Waals surface area contributed by atoms with Gasteiger partial charge in [-0.25, -0.2) is 0 Å². The predicted octanol–water partition coefficient (Wildman–Crippen LogP) is 4.50. The van der Waals surface area contributed by atoms with Gasteiger partial charge in [-0.2, -0.15) is 0 Å². The summed E-state index contributed by atoms with van der Waals surface area (Å²) in [5.74, 6) is 0.885. The van der Waals surface area contributed by atoms with Crippen LogP contribution in [-0.4, -0.2) is 25.6 Å². The Bertz CT molecular complexity index is 1340. The Balaban J connectivity index is 1.47. The average Bonchev–Trinajstić information content (AvgIpc) is 3.23. The van der Waals surface area contributed by atoms with E-state index in [2.05, 4.69) is 15.5 Å². The first-order valence-electron chi connectivity index (χ1n) is 9.98. The number of nitrogens with one attached hydrogen (secondary N) is 1. The molecule has 1 aromatic heterocycles. The molecule has 4 aromatic rings. The second-order valence-electron chi connectivity index (χ2n) is 7.35. The summed E-state index contributed by atoms with van der Waals surface area (Å²) in [6.45, 7) is 0. The predicted molar refractivity (Wildman–Crippen MR) is 120 cm³/mol. The molecule has 0 saturated carbocycles. The fraction of sp³-hybridized carbons (Fsp3) is 0.0870. The largest absolute Gasteiger partial charge is 0.457 e. The summed E-state index contributed by atoms with van der Waals surface area (Å²) in [6.07, 6.45) is 1.51. The number of carbonyl (C=O) groups excluding carboxylic acids is 1. The molecule has 0 saturated heterocycles. The Morgan fingerprint density at radius 3 is 2.36 bits per heavy atom. The van der Waals surface area contributed by atoms with Gasteiger partial charge < -0.3 is 14.6 Å². The number of aromatic nitrogens is 3. The third kappa shape index (κ3) is 3.92. The standard InChI is InChI=1S/C23H17N5O4S/c1-27-13-24-26-23(27)33-20-11-10-14(12-17(20)28(30)31)22(29)25-21-15-6-2-4-8-18(15)32-19-9-5-3-7-16(19)21/h2-13,21H,1H3,(H,25,29). The summed E-state index contributed by atoms with van der Waals surface area (Å²) in [4.78, 5) is 24.8. The van der Waals surface area contributed by atoms with Crippen molar-refractivity contribution in [3.8, 4) is 11.5 Å². The average molecular weight is 459 g/mol. The molecule has 1 aliphatic heterocycles. The molecule has 1 aliphatic rings. The first-order chi connectivity index (χ1) is 16.0. The minimum atomic E-state index is -0.505. The highest BCUT2D eigenvalue weighted by Gasteiger charge is 2.29. The van der Waals surface area contributed by atoms with E-state index in [-0.39, 0.29) is 11.3 Å². The summed E-state index contributed by atoms with van der Waals surface area (Å²) in [5, 5.41) is 23.0. The van der Waals surface area contributed by atoms with Gasteiger partial charge in [-0.05, 0) is 36.0 Å². The highest BCUT2D eigenvalue weighted by Crippen LogP contribution is 2.42. The summed E-state index contributed by atoms with van der Waals surface area (Å²) in [7, 11) is 1.75. The Morgan fingerprint density at radius 2 is 1.76 bits per heavy atom. The van der Waals surface area contributed by atoms with Crippen LogP contribution in [0.25, 0.3) is 0 Å². The van der Waals surface area contributed by atoms with E-state index in [1.165, 1.54) is 12.4 Å². The van der Waals surface area contributed by atoms with Gasteiger partial charge in [-0.1, -0.05) is 36.4 Å². The van der Waals surface area contributed by atoms with Gasteiger partial charge in [-0.15, -0.1) is 10.2 Å². The molecule has 0 radical (unpaired) electrons. The monoisotopic (exact) mass is 459 g/mol. The molecule has 0 aliphatic carbocycles. The molecule has 2 heterocycles. The van der Waals surface area contributed by atoms with Crippen LogP contribution >= 0.6 is 11.8 Å². The summed E-state index contributed by atoms with van der Waals surface area (Å²) in [6, 6.07) is 18.9. The third-order valence-corrected chi connectivity index (χ3v) is 6.36. The number of nitrogens with zero attached hydrogens (tertiary/aromatic N) is 4. The van der Waals surface area contributed by atoms with E-state index in [1.807, 2.05) is 48.5 Å². The van der Waals surface area contributed by atoms with E-state index in [4.69, 9.17) is 4.74 Å². The molecule has 164 valence electrons. The number of hydrogen-bond acceptors (Lipinski definition) is 7. The minimum absolute atomic E-state index is 0.177. The maximum atomic E-state index is 13.2. The van der Waals surface area contributed by atoms with Crippen LogP contribution in [0.3, 0.4) is 0 Å². The number of rotatable bonds is 5. The molecule has 0 unspecified atom stereocenters. The normalized spacial score (nSPS) is 12.4.